The molecule has 0 bridgehead atoms. The van der Waals surface area contributed by atoms with Gasteiger partial charge >= 0.3 is 0 Å². The molecule has 3 heteroatoms. The summed E-state index contributed by atoms with van der Waals surface area (Å²) < 4.78 is 15.0. The van der Waals surface area contributed by atoms with Crippen LogP contribution in [0.25, 0.3) is 0 Å². The first-order valence-electron chi connectivity index (χ1n) is 8.46. The predicted molar refractivity (Wildman–Crippen MR) is 102 cm³/mol. The molecule has 0 aliphatic rings. The van der Waals surface area contributed by atoms with Crippen LogP contribution < -0.4 is 0 Å². The fourth-order valence-electron chi connectivity index (χ4n) is 2.59. The summed E-state index contributed by atoms with van der Waals surface area (Å²) in [5, 5.41) is 0. The number of hydrogen-bond donors (Lipinski definition) is 0. The van der Waals surface area contributed by atoms with Gasteiger partial charge in [0, 0.05) is 22.5 Å². The number of benzene rings is 1. The van der Waals surface area contributed by atoms with Crippen molar-refractivity contribution in [1.82, 2.24) is 4.98 Å². The number of thioether (sulfide) groups is 1. The Morgan fingerprint density at radius 1 is 0.958 bits per heavy atom. The van der Waals surface area contributed by atoms with Crippen LogP contribution in [-0.2, 0) is 17.3 Å². The fraction of sp³-hybridized carbons (Fsp3) is 0.476. The molecule has 130 valence electrons. The molecule has 0 saturated carbocycles. The molecule has 0 saturated heterocycles. The van der Waals surface area contributed by atoms with Gasteiger partial charge < -0.3 is 0 Å². The summed E-state index contributed by atoms with van der Waals surface area (Å²) in [6.45, 7) is 12.4. The zero-order valence-electron chi connectivity index (χ0n) is 15.6. The standard InChI is InChI=1S/C21H28FNS/c1-20(2,3)17-13-16(14-18(19(17)22)21(4,5)6)24-12-10-15-9-7-8-11-23-15/h7-9,11,13-14H,10,12H2,1-6H3. The third kappa shape index (κ3) is 4.83. The van der Waals surface area contributed by atoms with E-state index in [1.807, 2.05) is 36.5 Å². The molecule has 0 aliphatic carbocycles. The third-order valence-corrected chi connectivity index (χ3v) is 4.99. The Morgan fingerprint density at radius 3 is 2.00 bits per heavy atom. The minimum Gasteiger partial charge on any atom is -0.261 e. The second kappa shape index (κ2) is 7.26. The van der Waals surface area contributed by atoms with Crippen LogP contribution in [0.3, 0.4) is 0 Å². The predicted octanol–water partition coefficient (Wildman–Crippen LogP) is 6.15. The van der Waals surface area contributed by atoms with Crippen molar-refractivity contribution in [2.24, 2.45) is 0 Å². The third-order valence-electron chi connectivity index (χ3n) is 4.02. The van der Waals surface area contributed by atoms with Gasteiger partial charge in [-0.1, -0.05) is 47.6 Å². The highest BCUT2D eigenvalue weighted by atomic mass is 32.2. The van der Waals surface area contributed by atoms with Crippen molar-refractivity contribution in [3.8, 4) is 0 Å². The van der Waals surface area contributed by atoms with Crippen LogP contribution in [0.1, 0.15) is 58.4 Å². The SMILES string of the molecule is CC(C)(C)c1cc(SCCc2ccccn2)cc(C(C)(C)C)c1F. The highest BCUT2D eigenvalue weighted by molar-refractivity contribution is 7.99. The molecule has 0 unspecified atom stereocenters. The van der Waals surface area contributed by atoms with Crippen molar-refractivity contribution in [3.05, 3.63) is 59.2 Å². The van der Waals surface area contributed by atoms with Crippen molar-refractivity contribution in [1.29, 1.82) is 0 Å². The quantitative estimate of drug-likeness (QED) is 0.616. The lowest BCUT2D eigenvalue weighted by atomic mass is 9.80. The second-order valence-electron chi connectivity index (χ2n) is 8.25. The molecule has 2 rings (SSSR count). The van der Waals surface area contributed by atoms with E-state index in [0.29, 0.717) is 0 Å². The highest BCUT2D eigenvalue weighted by Crippen LogP contribution is 2.36. The van der Waals surface area contributed by atoms with Crippen LogP contribution in [0.15, 0.2) is 41.4 Å². The number of aryl methyl sites for hydroxylation is 1. The fourth-order valence-corrected chi connectivity index (χ4v) is 3.54. The summed E-state index contributed by atoms with van der Waals surface area (Å²) in [6, 6.07) is 10.0. The maximum absolute atomic E-state index is 15.0. The molecule has 24 heavy (non-hydrogen) atoms. The summed E-state index contributed by atoms with van der Waals surface area (Å²) in [4.78, 5) is 5.51. The van der Waals surface area contributed by atoms with Crippen molar-refractivity contribution >= 4 is 11.8 Å². The molecule has 1 nitrogen and oxygen atoms in total. The Bertz CT molecular complexity index is 646. The van der Waals surface area contributed by atoms with Gasteiger partial charge in [-0.15, -0.1) is 11.8 Å². The first kappa shape index (κ1) is 19.0. The molecule has 0 aliphatic heterocycles. The lowest BCUT2D eigenvalue weighted by molar-refractivity contribution is 0.479. The maximum Gasteiger partial charge on any atom is 0.130 e. The number of rotatable bonds is 4. The second-order valence-corrected chi connectivity index (χ2v) is 9.42. The normalized spacial score (nSPS) is 12.5. The van der Waals surface area contributed by atoms with Gasteiger partial charge in [-0.25, -0.2) is 4.39 Å². The van der Waals surface area contributed by atoms with Crippen LogP contribution >= 0.6 is 11.8 Å². The first-order valence-corrected chi connectivity index (χ1v) is 9.45. The van der Waals surface area contributed by atoms with Gasteiger partial charge in [0.1, 0.15) is 5.82 Å². The molecular formula is C21H28FNS. The molecule has 0 fully saturated rings. The Balaban J connectivity index is 2.26. The molecule has 0 N–H and O–H groups in total. The number of aromatic nitrogens is 1. The molecule has 1 aromatic heterocycles. The smallest absolute Gasteiger partial charge is 0.130 e. The van der Waals surface area contributed by atoms with Crippen LogP contribution in [0.4, 0.5) is 4.39 Å². The minimum atomic E-state index is -0.207. The summed E-state index contributed by atoms with van der Waals surface area (Å²) >= 11 is 1.78. The maximum atomic E-state index is 15.0. The van der Waals surface area contributed by atoms with E-state index in [2.05, 4.69) is 46.5 Å². The van der Waals surface area contributed by atoms with Crippen molar-refractivity contribution in [2.75, 3.05) is 5.75 Å². The van der Waals surface area contributed by atoms with E-state index in [-0.39, 0.29) is 16.6 Å². The van der Waals surface area contributed by atoms with Gasteiger partial charge in [0.15, 0.2) is 0 Å². The van der Waals surface area contributed by atoms with Crippen molar-refractivity contribution in [3.63, 3.8) is 0 Å². The lowest BCUT2D eigenvalue weighted by Gasteiger charge is -2.27. The van der Waals surface area contributed by atoms with Crippen LogP contribution in [0, 0.1) is 5.82 Å². The number of nitrogens with zero attached hydrogens (tertiary/aromatic N) is 1. The Hall–Kier alpha value is -1.35. The van der Waals surface area contributed by atoms with Crippen molar-refractivity contribution < 1.29 is 4.39 Å². The van der Waals surface area contributed by atoms with Crippen molar-refractivity contribution in [2.45, 2.75) is 63.7 Å². The molecule has 0 atom stereocenters. The monoisotopic (exact) mass is 345 g/mol. The van der Waals surface area contributed by atoms with Crippen LogP contribution in [0.5, 0.6) is 0 Å². The van der Waals surface area contributed by atoms with E-state index in [1.165, 1.54) is 0 Å². The van der Waals surface area contributed by atoms with Crippen LogP contribution in [0.2, 0.25) is 0 Å². The molecule has 2 aromatic rings. The van der Waals surface area contributed by atoms with E-state index >= 15 is 4.39 Å². The molecular weight excluding hydrogens is 317 g/mol. The molecule has 0 radical (unpaired) electrons. The van der Waals surface area contributed by atoms with Gasteiger partial charge in [-0.2, -0.15) is 0 Å². The van der Waals surface area contributed by atoms with E-state index < -0.39 is 0 Å². The molecule has 0 amide bonds. The summed E-state index contributed by atoms with van der Waals surface area (Å²) in [5.41, 5.74) is 2.29. The Morgan fingerprint density at radius 2 is 1.54 bits per heavy atom. The Kier molecular flexibility index (Phi) is 5.74. The number of hydrogen-bond acceptors (Lipinski definition) is 2. The van der Waals surface area contributed by atoms with E-state index in [1.54, 1.807) is 11.8 Å². The van der Waals surface area contributed by atoms with Gasteiger partial charge in [0.25, 0.3) is 0 Å². The number of pyridine rings is 1. The summed E-state index contributed by atoms with van der Waals surface area (Å²) in [5.74, 6) is 0.889. The summed E-state index contributed by atoms with van der Waals surface area (Å²) in [7, 11) is 0. The highest BCUT2D eigenvalue weighted by Gasteiger charge is 2.26. The van der Waals surface area contributed by atoms with Gasteiger partial charge in [-0.3, -0.25) is 4.98 Å². The molecule has 1 aromatic carbocycles. The van der Waals surface area contributed by atoms with E-state index in [0.717, 1.165) is 33.9 Å². The summed E-state index contributed by atoms with van der Waals surface area (Å²) in [6.07, 6.45) is 2.74. The zero-order chi connectivity index (χ0) is 18.0. The Labute approximate surface area is 150 Å². The van der Waals surface area contributed by atoms with Gasteiger partial charge in [0.05, 0.1) is 0 Å². The molecule has 0 spiro atoms. The average Bonchev–Trinajstić information content (AvgIpc) is 2.47. The molecule has 1 heterocycles. The van der Waals surface area contributed by atoms with Gasteiger partial charge in [0.2, 0.25) is 0 Å². The topological polar surface area (TPSA) is 12.9 Å². The number of halogens is 1. The lowest BCUT2D eigenvalue weighted by Crippen LogP contribution is -2.20. The first-order chi connectivity index (χ1) is 11.1. The zero-order valence-corrected chi connectivity index (χ0v) is 16.4. The van der Waals surface area contributed by atoms with E-state index in [4.69, 9.17) is 0 Å². The average molecular weight is 346 g/mol. The largest absolute Gasteiger partial charge is 0.261 e. The van der Waals surface area contributed by atoms with Crippen LogP contribution in [-0.4, -0.2) is 10.7 Å². The minimum absolute atomic E-state index is 0.0518. The van der Waals surface area contributed by atoms with E-state index in [9.17, 15) is 0 Å². The van der Waals surface area contributed by atoms with Gasteiger partial charge in [-0.05, 0) is 52.6 Å².